The third-order valence-electron chi connectivity index (χ3n) is 9.02. The molecule has 33 heteroatoms. The molecular formula is C34H45N4O17P3S9. The summed E-state index contributed by atoms with van der Waals surface area (Å²) in [5.74, 6) is -0.670. The van der Waals surface area contributed by atoms with Crippen molar-refractivity contribution in [3.63, 3.8) is 0 Å². The van der Waals surface area contributed by atoms with E-state index in [9.17, 15) is 54.7 Å². The second kappa shape index (κ2) is 23.5. The lowest BCUT2D eigenvalue weighted by Crippen LogP contribution is -2.40. The first-order valence-corrected chi connectivity index (χ1v) is 35.7. The number of hydrogen-bond acceptors (Lipinski definition) is 19. The van der Waals surface area contributed by atoms with Crippen molar-refractivity contribution in [1.82, 2.24) is 0 Å². The number of amides is 1. The number of hydrogen-bond donors (Lipinski definition) is 6. The Kier molecular flexibility index (Phi) is 19.5. The quantitative estimate of drug-likeness (QED) is 0.0585. The summed E-state index contributed by atoms with van der Waals surface area (Å²) in [5, 5.41) is 13.3. The number of sulfonamides is 3. The Labute approximate surface area is 412 Å². The second-order valence-corrected chi connectivity index (χ2v) is 32.4. The predicted octanol–water partition coefficient (Wildman–Crippen LogP) is 7.01. The van der Waals surface area contributed by atoms with Crippen LogP contribution in [0.2, 0.25) is 0 Å². The molecule has 0 spiro atoms. The van der Waals surface area contributed by atoms with Crippen LogP contribution in [0.1, 0.15) is 18.1 Å². The van der Waals surface area contributed by atoms with Crippen molar-refractivity contribution in [3.8, 4) is 0 Å². The van der Waals surface area contributed by atoms with Crippen LogP contribution >= 0.6 is 88.0 Å². The van der Waals surface area contributed by atoms with E-state index in [4.69, 9.17) is 22.6 Å². The van der Waals surface area contributed by atoms with Crippen molar-refractivity contribution < 1.29 is 77.3 Å². The van der Waals surface area contributed by atoms with Gasteiger partial charge < -0.3 is 30.0 Å². The first-order valence-electron chi connectivity index (χ1n) is 19.3. The van der Waals surface area contributed by atoms with Gasteiger partial charge in [-0.25, -0.2) is 0 Å². The number of rotatable bonds is 17. The predicted molar refractivity (Wildman–Crippen MR) is 267 cm³/mol. The zero-order valence-corrected chi connectivity index (χ0v) is 45.2. The van der Waals surface area contributed by atoms with E-state index >= 15 is 0 Å². The zero-order chi connectivity index (χ0) is 48.8. The van der Waals surface area contributed by atoms with Crippen LogP contribution in [0.3, 0.4) is 0 Å². The molecule has 0 bridgehead atoms. The van der Waals surface area contributed by atoms with E-state index < -0.39 is 101 Å². The first kappa shape index (κ1) is 55.7. The fourth-order valence-electron chi connectivity index (χ4n) is 5.76. The maximum Gasteiger partial charge on any atom is 0.369 e. The summed E-state index contributed by atoms with van der Waals surface area (Å²) in [5.41, 5.74) is 1.69. The molecule has 6 rings (SSSR count). The van der Waals surface area contributed by atoms with Crippen molar-refractivity contribution in [2.75, 3.05) is 39.8 Å². The second-order valence-electron chi connectivity index (χ2n) is 14.5. The van der Waals surface area contributed by atoms with Crippen LogP contribution in [0.25, 0.3) is 0 Å². The molecule has 0 aromatic heterocycles. The highest BCUT2D eigenvalue weighted by atomic mass is 33.1. The molecule has 3 heterocycles. The van der Waals surface area contributed by atoms with Crippen LogP contribution in [0, 0.1) is 13.8 Å². The van der Waals surface area contributed by atoms with Crippen molar-refractivity contribution in [2.24, 2.45) is 12.5 Å². The molecule has 3 saturated heterocycles. The molecule has 1 amide bonds. The number of benzene rings is 3. The molecule has 0 saturated carbocycles. The van der Waals surface area contributed by atoms with Gasteiger partial charge >= 0.3 is 23.2 Å². The number of nitrogens with zero attached hydrogens (tertiary/aromatic N) is 3. The minimum Gasteiger partial charge on any atom is -0.389 e. The van der Waals surface area contributed by atoms with E-state index in [0.717, 1.165) is 44.8 Å². The van der Waals surface area contributed by atoms with Gasteiger partial charge in [0.15, 0.2) is 0 Å². The zero-order valence-electron chi connectivity index (χ0n) is 35.1. The lowest BCUT2D eigenvalue weighted by molar-refractivity contribution is -0.114. The average Bonchev–Trinajstić information content (AvgIpc) is 3.22. The summed E-state index contributed by atoms with van der Waals surface area (Å²) < 4.78 is 122. The molecular weight excluding hydrogens is 1120 g/mol. The van der Waals surface area contributed by atoms with Gasteiger partial charge in [0.1, 0.15) is 30.5 Å². The van der Waals surface area contributed by atoms with E-state index in [1.807, 2.05) is 0 Å². The van der Waals surface area contributed by atoms with Crippen LogP contribution in [-0.4, -0.2) is 127 Å². The van der Waals surface area contributed by atoms with E-state index in [-0.39, 0.29) is 50.0 Å². The van der Waals surface area contributed by atoms with Gasteiger partial charge in [0.25, 0.3) is 30.1 Å². The Morgan fingerprint density at radius 2 is 0.836 bits per heavy atom. The maximum atomic E-state index is 14.0. The normalized spacial score (nSPS) is 25.0. The van der Waals surface area contributed by atoms with Gasteiger partial charge in [-0.1, -0.05) is 113 Å². The fraction of sp³-hybridized carbons (Fsp3) is 0.441. The summed E-state index contributed by atoms with van der Waals surface area (Å²) in [4.78, 5) is 56.7. The maximum absolute atomic E-state index is 14.0. The number of nitrogens with one attached hydrogen (secondary N) is 1. The van der Waals surface area contributed by atoms with E-state index in [2.05, 4.69) is 17.8 Å². The van der Waals surface area contributed by atoms with Crippen molar-refractivity contribution in [2.45, 2.75) is 72.1 Å². The number of anilines is 1. The Balaban J connectivity index is 1.38. The Bertz CT molecular complexity index is 2760. The molecule has 3 aliphatic heterocycles. The molecule has 8 unspecified atom stereocenters. The minimum atomic E-state index is -5.21. The molecule has 372 valence electrons. The molecule has 3 aliphatic rings. The number of aliphatic hydroxyl groups excluding tert-OH is 1. The van der Waals surface area contributed by atoms with Crippen LogP contribution < -0.4 is 5.32 Å². The lowest BCUT2D eigenvalue weighted by Gasteiger charge is -2.37. The first-order chi connectivity index (χ1) is 31.3. The molecule has 21 nitrogen and oxygen atoms in total. The monoisotopic (exact) mass is 1160 g/mol. The minimum absolute atomic E-state index is 0.100. The highest BCUT2D eigenvalue weighted by Gasteiger charge is 2.45. The standard InChI is InChI=1S/C34H45N4O17P3S9/c1-22-4-10-26(11-5-22)65(45,46)36-56(41,42)51-31-18-61-62-19-32(31)53-58(44,38-67(49,50)28-14-8-25(9-15-28)35-24(3)39)55-34-21-64-63-20-33(34)54-57(43,52-30-17-60-59-16-29(30)40)37-66(47,48)27-12-6-23(2)7-13-27/h4-15,29-34,40-44H,16-21H2,1-3H3,(H,35,39). The van der Waals surface area contributed by atoms with Gasteiger partial charge in [-0.15, -0.1) is 0 Å². The van der Waals surface area contributed by atoms with Gasteiger partial charge in [0.2, 0.25) is 5.91 Å². The third-order valence-corrected chi connectivity index (χ3v) is 26.7. The molecule has 67 heavy (non-hydrogen) atoms. The van der Waals surface area contributed by atoms with E-state index in [1.54, 1.807) is 13.8 Å². The van der Waals surface area contributed by atoms with Crippen molar-refractivity contribution >= 4 is 130 Å². The van der Waals surface area contributed by atoms with Crippen LogP contribution in [0.15, 0.2) is 99.9 Å². The van der Waals surface area contributed by atoms with Gasteiger partial charge in [-0.3, -0.25) is 27.4 Å². The highest BCUT2D eigenvalue weighted by molar-refractivity contribution is 8.77. The van der Waals surface area contributed by atoms with Gasteiger partial charge in [0, 0.05) is 47.1 Å². The fourth-order valence-corrected chi connectivity index (χ4v) is 23.0. The molecule has 8 atom stereocenters. The topological polar surface area (TPSA) is 316 Å². The smallest absolute Gasteiger partial charge is 0.369 e. The van der Waals surface area contributed by atoms with Crippen LogP contribution in [-0.2, 0) is 57.5 Å². The molecule has 3 aromatic carbocycles. The van der Waals surface area contributed by atoms with E-state index in [0.29, 0.717) is 0 Å². The third kappa shape index (κ3) is 16.2. The van der Waals surface area contributed by atoms with Gasteiger partial charge in [-0.2, -0.15) is 25.3 Å². The molecule has 0 aliphatic carbocycles. The summed E-state index contributed by atoms with van der Waals surface area (Å²) in [7, 11) is -22.3. The Morgan fingerprint density at radius 1 is 0.522 bits per heavy atom. The summed E-state index contributed by atoms with van der Waals surface area (Å²) in [6.45, 7) is 4.70. The largest absolute Gasteiger partial charge is 0.389 e. The number of carbonyl (C=O) groups is 1. The molecule has 0 radical (unpaired) electrons. The lowest BCUT2D eigenvalue weighted by atomic mass is 10.2. The molecule has 3 fully saturated rings. The number of carbonyl (C=O) groups excluding carboxylic acids is 1. The Hall–Kier alpha value is -0.630. The highest BCUT2D eigenvalue weighted by Crippen LogP contribution is 2.59. The number of aryl methyl sites for hydroxylation is 2. The van der Waals surface area contributed by atoms with Gasteiger partial charge in [-0.05, 0) is 62.4 Å². The van der Waals surface area contributed by atoms with Crippen molar-refractivity contribution in [3.05, 3.63) is 83.9 Å². The number of aliphatic hydroxyl groups is 1. The van der Waals surface area contributed by atoms with Crippen LogP contribution in [0.4, 0.5) is 5.69 Å². The SMILES string of the molecule is CC(=O)Nc1ccc(S(=O)(=O)N=P(O)(OC2CSSCC2OP(O)(O)=NS(=O)(=O)c2ccc(C)cc2)OC2CSSCC2OP(O)(=NS(=O)(=O)c2ccc(C)cc2)OC2CSSCC2O)cc1. The average molecular weight is 1160 g/mol. The summed E-state index contributed by atoms with van der Waals surface area (Å²) in [6.07, 6.45) is -8.19. The molecule has 6 N–H and O–H groups in total. The summed E-state index contributed by atoms with van der Waals surface area (Å²) in [6, 6.07) is 15.7. The van der Waals surface area contributed by atoms with Crippen LogP contribution in [0.5, 0.6) is 0 Å². The Morgan fingerprint density at radius 3 is 1.21 bits per heavy atom. The van der Waals surface area contributed by atoms with Gasteiger partial charge in [0.05, 0.1) is 20.8 Å². The molecule has 3 aromatic rings. The summed E-state index contributed by atoms with van der Waals surface area (Å²) >= 11 is 0. The van der Waals surface area contributed by atoms with Crippen molar-refractivity contribution in [1.29, 1.82) is 0 Å². The van der Waals surface area contributed by atoms with E-state index in [1.165, 1.54) is 111 Å².